The van der Waals surface area contributed by atoms with Gasteiger partial charge in [0, 0.05) is 19.4 Å². The quantitative estimate of drug-likeness (QED) is 0.857. The summed E-state index contributed by atoms with van der Waals surface area (Å²) in [6, 6.07) is 5.94. The lowest BCUT2D eigenvalue weighted by atomic mass is 10.1. The minimum atomic E-state index is 0.189. The van der Waals surface area contributed by atoms with Gasteiger partial charge in [0.05, 0.1) is 20.3 Å². The van der Waals surface area contributed by atoms with Crippen molar-refractivity contribution in [1.82, 2.24) is 0 Å². The first-order chi connectivity index (χ1) is 9.35. The van der Waals surface area contributed by atoms with Gasteiger partial charge in [-0.25, -0.2) is 0 Å². The standard InChI is InChI=1S/C15H22O4/c1-17-15-12(5-3-9-16)4-2-6-14(15)19-13-7-10-18-11-8-13/h2,4,6,13,16H,3,5,7-11H2,1H3. The van der Waals surface area contributed by atoms with Crippen LogP contribution >= 0.6 is 0 Å². The first kappa shape index (κ1) is 14.2. The van der Waals surface area contributed by atoms with E-state index in [9.17, 15) is 0 Å². The normalized spacial score (nSPS) is 16.3. The molecule has 0 aromatic heterocycles. The molecule has 0 unspecified atom stereocenters. The predicted octanol–water partition coefficient (Wildman–Crippen LogP) is 2.18. The fraction of sp³-hybridized carbons (Fsp3) is 0.600. The number of aryl methyl sites for hydroxylation is 1. The Kier molecular flexibility index (Phi) is 5.48. The molecule has 4 heteroatoms. The molecular weight excluding hydrogens is 244 g/mol. The van der Waals surface area contributed by atoms with E-state index in [-0.39, 0.29) is 12.7 Å². The molecule has 1 fully saturated rings. The highest BCUT2D eigenvalue weighted by Crippen LogP contribution is 2.33. The summed E-state index contributed by atoms with van der Waals surface area (Å²) in [4.78, 5) is 0. The highest BCUT2D eigenvalue weighted by atomic mass is 16.5. The van der Waals surface area contributed by atoms with Crippen molar-refractivity contribution in [2.45, 2.75) is 31.8 Å². The van der Waals surface area contributed by atoms with E-state index in [0.717, 1.165) is 56.0 Å². The Labute approximate surface area is 114 Å². The van der Waals surface area contributed by atoms with Crippen molar-refractivity contribution in [3.63, 3.8) is 0 Å². The monoisotopic (exact) mass is 266 g/mol. The van der Waals surface area contributed by atoms with Crippen LogP contribution in [-0.2, 0) is 11.2 Å². The molecule has 0 spiro atoms. The van der Waals surface area contributed by atoms with Gasteiger partial charge in [-0.1, -0.05) is 12.1 Å². The smallest absolute Gasteiger partial charge is 0.163 e. The SMILES string of the molecule is COc1c(CCCO)cccc1OC1CCOCC1. The summed E-state index contributed by atoms with van der Waals surface area (Å²) in [5.74, 6) is 1.59. The molecule has 106 valence electrons. The first-order valence-electron chi connectivity index (χ1n) is 6.86. The minimum absolute atomic E-state index is 0.189. The summed E-state index contributed by atoms with van der Waals surface area (Å²) < 4.78 is 16.8. The van der Waals surface area contributed by atoms with Gasteiger partial charge in [-0.15, -0.1) is 0 Å². The molecular formula is C15H22O4. The molecule has 1 aromatic rings. The molecule has 1 aliphatic rings. The maximum Gasteiger partial charge on any atom is 0.163 e. The van der Waals surface area contributed by atoms with E-state index in [0.29, 0.717) is 0 Å². The van der Waals surface area contributed by atoms with Crippen molar-refractivity contribution >= 4 is 0 Å². The van der Waals surface area contributed by atoms with Crippen LogP contribution in [0.5, 0.6) is 11.5 Å². The van der Waals surface area contributed by atoms with E-state index >= 15 is 0 Å². The average molecular weight is 266 g/mol. The Hall–Kier alpha value is -1.26. The number of hydrogen-bond donors (Lipinski definition) is 1. The second kappa shape index (κ2) is 7.36. The summed E-state index contributed by atoms with van der Waals surface area (Å²) in [7, 11) is 1.66. The van der Waals surface area contributed by atoms with Crippen molar-refractivity contribution in [3.8, 4) is 11.5 Å². The van der Waals surface area contributed by atoms with Gasteiger partial charge < -0.3 is 19.3 Å². The Bertz CT molecular complexity index is 386. The Morgan fingerprint density at radius 2 is 2.11 bits per heavy atom. The minimum Gasteiger partial charge on any atom is -0.493 e. The van der Waals surface area contributed by atoms with E-state index in [1.54, 1.807) is 7.11 Å². The molecule has 1 saturated heterocycles. The summed E-state index contributed by atoms with van der Waals surface area (Å²) in [5.41, 5.74) is 1.08. The summed E-state index contributed by atoms with van der Waals surface area (Å²) in [6.07, 6.45) is 3.58. The molecule has 1 aromatic carbocycles. The van der Waals surface area contributed by atoms with Crippen LogP contribution in [0.3, 0.4) is 0 Å². The van der Waals surface area contributed by atoms with Crippen LogP contribution in [0.4, 0.5) is 0 Å². The van der Waals surface area contributed by atoms with Crippen molar-refractivity contribution < 1.29 is 19.3 Å². The number of aliphatic hydroxyl groups excluding tert-OH is 1. The van der Waals surface area contributed by atoms with Crippen LogP contribution in [-0.4, -0.2) is 38.1 Å². The number of aliphatic hydroxyl groups is 1. The van der Waals surface area contributed by atoms with Crippen LogP contribution in [0.2, 0.25) is 0 Å². The summed E-state index contributed by atoms with van der Waals surface area (Å²) >= 11 is 0. The second-order valence-corrected chi connectivity index (χ2v) is 4.71. The number of hydrogen-bond acceptors (Lipinski definition) is 4. The maximum absolute atomic E-state index is 8.94. The zero-order valence-electron chi connectivity index (χ0n) is 11.4. The molecule has 2 rings (SSSR count). The van der Waals surface area contributed by atoms with E-state index in [4.69, 9.17) is 19.3 Å². The topological polar surface area (TPSA) is 47.9 Å². The van der Waals surface area contributed by atoms with Crippen LogP contribution in [0.25, 0.3) is 0 Å². The van der Waals surface area contributed by atoms with Crippen LogP contribution < -0.4 is 9.47 Å². The third kappa shape index (κ3) is 3.85. The fourth-order valence-corrected chi connectivity index (χ4v) is 2.33. The molecule has 0 aliphatic carbocycles. The highest BCUT2D eigenvalue weighted by Gasteiger charge is 2.18. The first-order valence-corrected chi connectivity index (χ1v) is 6.86. The molecule has 0 bridgehead atoms. The molecule has 0 radical (unpaired) electrons. The zero-order valence-corrected chi connectivity index (χ0v) is 11.4. The van der Waals surface area contributed by atoms with Crippen LogP contribution in [0, 0.1) is 0 Å². The number of para-hydroxylation sites is 1. The third-order valence-corrected chi connectivity index (χ3v) is 3.33. The van der Waals surface area contributed by atoms with Crippen molar-refractivity contribution in [2.75, 3.05) is 26.9 Å². The van der Waals surface area contributed by atoms with Gasteiger partial charge in [0.15, 0.2) is 11.5 Å². The highest BCUT2D eigenvalue weighted by molar-refractivity contribution is 5.46. The van der Waals surface area contributed by atoms with E-state index in [2.05, 4.69) is 0 Å². The lowest BCUT2D eigenvalue weighted by Crippen LogP contribution is -2.26. The van der Waals surface area contributed by atoms with Gasteiger partial charge in [-0.3, -0.25) is 0 Å². The number of benzene rings is 1. The van der Waals surface area contributed by atoms with Crippen LogP contribution in [0.15, 0.2) is 18.2 Å². The Morgan fingerprint density at radius 1 is 1.32 bits per heavy atom. The Balaban J connectivity index is 2.09. The number of ether oxygens (including phenoxy) is 3. The molecule has 0 atom stereocenters. The van der Waals surface area contributed by atoms with Crippen LogP contribution in [0.1, 0.15) is 24.8 Å². The lowest BCUT2D eigenvalue weighted by molar-refractivity contribution is 0.0245. The average Bonchev–Trinajstić information content (AvgIpc) is 2.46. The number of methoxy groups -OCH3 is 1. The summed E-state index contributed by atoms with van der Waals surface area (Å²) in [6.45, 7) is 1.71. The zero-order chi connectivity index (χ0) is 13.5. The lowest BCUT2D eigenvalue weighted by Gasteiger charge is -2.24. The molecule has 19 heavy (non-hydrogen) atoms. The van der Waals surface area contributed by atoms with Crippen molar-refractivity contribution in [1.29, 1.82) is 0 Å². The molecule has 1 heterocycles. The van der Waals surface area contributed by atoms with Crippen molar-refractivity contribution in [2.24, 2.45) is 0 Å². The molecule has 0 saturated carbocycles. The fourth-order valence-electron chi connectivity index (χ4n) is 2.33. The molecule has 1 N–H and O–H groups in total. The van der Waals surface area contributed by atoms with E-state index < -0.39 is 0 Å². The maximum atomic E-state index is 8.94. The van der Waals surface area contributed by atoms with Crippen molar-refractivity contribution in [3.05, 3.63) is 23.8 Å². The summed E-state index contributed by atoms with van der Waals surface area (Å²) in [5, 5.41) is 8.94. The third-order valence-electron chi connectivity index (χ3n) is 3.33. The van der Waals surface area contributed by atoms with E-state index in [1.165, 1.54) is 0 Å². The van der Waals surface area contributed by atoms with Gasteiger partial charge in [0.2, 0.25) is 0 Å². The van der Waals surface area contributed by atoms with Gasteiger partial charge >= 0.3 is 0 Å². The molecule has 4 nitrogen and oxygen atoms in total. The molecule has 0 amide bonds. The van der Waals surface area contributed by atoms with Gasteiger partial charge in [0.1, 0.15) is 6.10 Å². The van der Waals surface area contributed by atoms with Gasteiger partial charge in [0.25, 0.3) is 0 Å². The number of rotatable bonds is 6. The van der Waals surface area contributed by atoms with E-state index in [1.807, 2.05) is 18.2 Å². The molecule has 1 aliphatic heterocycles. The van der Waals surface area contributed by atoms with Gasteiger partial charge in [-0.05, 0) is 24.5 Å². The Morgan fingerprint density at radius 3 is 2.79 bits per heavy atom. The predicted molar refractivity (Wildman–Crippen MR) is 72.9 cm³/mol. The second-order valence-electron chi connectivity index (χ2n) is 4.71. The van der Waals surface area contributed by atoms with Gasteiger partial charge in [-0.2, -0.15) is 0 Å². The largest absolute Gasteiger partial charge is 0.493 e.